The van der Waals surface area contributed by atoms with Crippen molar-refractivity contribution in [3.63, 3.8) is 0 Å². The Morgan fingerprint density at radius 3 is 2.84 bits per heavy atom. The third-order valence-electron chi connectivity index (χ3n) is 3.72. The molecule has 0 saturated carbocycles. The first-order chi connectivity index (χ1) is 9.02. The molecular formula is C14H20N2O2S. The number of piperidine rings is 1. The number of likely N-dealkylation sites (tertiary alicyclic amines) is 1. The van der Waals surface area contributed by atoms with Crippen LogP contribution in [-0.2, 0) is 11.2 Å². The molecule has 2 heterocycles. The number of aryl methyl sites for hydroxylation is 2. The number of thiophene rings is 1. The summed E-state index contributed by atoms with van der Waals surface area (Å²) in [7, 11) is 0. The van der Waals surface area contributed by atoms with E-state index >= 15 is 0 Å². The van der Waals surface area contributed by atoms with Gasteiger partial charge in [0.05, 0.1) is 10.8 Å². The van der Waals surface area contributed by atoms with Crippen molar-refractivity contribution in [3.05, 3.63) is 21.4 Å². The Morgan fingerprint density at radius 1 is 1.53 bits per heavy atom. The number of nitrogens with zero attached hydrogens (tertiary/aromatic N) is 1. The standard InChI is InChI=1S/C14H20N2O2S/c1-3-10-7-12(19-9(10)2)14(18)16-6-4-5-11(8-16)13(15)17/h7,11H,3-6,8H2,1-2H3,(H2,15,17). The van der Waals surface area contributed by atoms with Gasteiger partial charge in [-0.1, -0.05) is 6.92 Å². The quantitative estimate of drug-likeness (QED) is 0.920. The highest BCUT2D eigenvalue weighted by atomic mass is 32.1. The van der Waals surface area contributed by atoms with Crippen LogP contribution in [0.4, 0.5) is 0 Å². The largest absolute Gasteiger partial charge is 0.369 e. The number of hydrogen-bond donors (Lipinski definition) is 1. The van der Waals surface area contributed by atoms with Crippen molar-refractivity contribution in [3.8, 4) is 0 Å². The molecule has 2 amide bonds. The van der Waals surface area contributed by atoms with Gasteiger partial charge in [-0.05, 0) is 37.8 Å². The van der Waals surface area contributed by atoms with Gasteiger partial charge >= 0.3 is 0 Å². The summed E-state index contributed by atoms with van der Waals surface area (Å²) in [5, 5.41) is 0. The van der Waals surface area contributed by atoms with Crippen LogP contribution in [0.15, 0.2) is 6.07 Å². The van der Waals surface area contributed by atoms with Gasteiger partial charge in [-0.15, -0.1) is 11.3 Å². The van der Waals surface area contributed by atoms with E-state index in [4.69, 9.17) is 5.73 Å². The minimum Gasteiger partial charge on any atom is -0.369 e. The van der Waals surface area contributed by atoms with Gasteiger partial charge in [-0.3, -0.25) is 9.59 Å². The van der Waals surface area contributed by atoms with Gasteiger partial charge in [0.15, 0.2) is 0 Å². The molecule has 4 nitrogen and oxygen atoms in total. The summed E-state index contributed by atoms with van der Waals surface area (Å²) in [6.07, 6.45) is 2.59. The lowest BCUT2D eigenvalue weighted by Crippen LogP contribution is -2.43. The molecule has 104 valence electrons. The highest BCUT2D eigenvalue weighted by Crippen LogP contribution is 2.25. The van der Waals surface area contributed by atoms with Crippen molar-refractivity contribution in [2.75, 3.05) is 13.1 Å². The minimum absolute atomic E-state index is 0.0405. The fourth-order valence-electron chi connectivity index (χ4n) is 2.53. The van der Waals surface area contributed by atoms with Gasteiger partial charge in [0.25, 0.3) is 5.91 Å². The van der Waals surface area contributed by atoms with E-state index in [1.807, 2.05) is 13.0 Å². The molecule has 1 unspecified atom stereocenters. The summed E-state index contributed by atoms with van der Waals surface area (Å²) < 4.78 is 0. The number of carbonyl (C=O) groups excluding carboxylic acids is 2. The third kappa shape index (κ3) is 2.97. The number of amides is 2. The normalized spacial score (nSPS) is 19.5. The SMILES string of the molecule is CCc1cc(C(=O)N2CCCC(C(N)=O)C2)sc1C. The third-order valence-corrected chi connectivity index (χ3v) is 4.80. The van der Waals surface area contributed by atoms with Crippen molar-refractivity contribution in [2.24, 2.45) is 11.7 Å². The molecule has 0 aliphatic carbocycles. The van der Waals surface area contributed by atoms with E-state index in [-0.39, 0.29) is 17.7 Å². The summed E-state index contributed by atoms with van der Waals surface area (Å²) in [6.45, 7) is 5.32. The number of primary amides is 1. The van der Waals surface area contributed by atoms with E-state index in [2.05, 4.69) is 6.92 Å². The average molecular weight is 280 g/mol. The van der Waals surface area contributed by atoms with Crippen LogP contribution < -0.4 is 5.73 Å². The summed E-state index contributed by atoms with van der Waals surface area (Å²) in [4.78, 5) is 27.4. The maximum absolute atomic E-state index is 12.4. The summed E-state index contributed by atoms with van der Waals surface area (Å²) in [6, 6.07) is 1.98. The molecule has 19 heavy (non-hydrogen) atoms. The van der Waals surface area contributed by atoms with E-state index in [1.54, 1.807) is 16.2 Å². The molecule has 1 aromatic heterocycles. The molecule has 1 aliphatic heterocycles. The van der Waals surface area contributed by atoms with Crippen LogP contribution in [0.2, 0.25) is 0 Å². The molecule has 0 bridgehead atoms. The molecule has 1 aromatic rings. The predicted molar refractivity (Wildman–Crippen MR) is 76.3 cm³/mol. The van der Waals surface area contributed by atoms with Crippen molar-refractivity contribution < 1.29 is 9.59 Å². The van der Waals surface area contributed by atoms with Crippen LogP contribution in [0.25, 0.3) is 0 Å². The van der Waals surface area contributed by atoms with Crippen molar-refractivity contribution >= 4 is 23.2 Å². The minimum atomic E-state index is -0.297. The fourth-order valence-corrected chi connectivity index (χ4v) is 3.61. The summed E-state index contributed by atoms with van der Waals surface area (Å²) >= 11 is 1.54. The van der Waals surface area contributed by atoms with Gasteiger partial charge < -0.3 is 10.6 Å². The zero-order valence-corrected chi connectivity index (χ0v) is 12.3. The highest BCUT2D eigenvalue weighted by Gasteiger charge is 2.28. The van der Waals surface area contributed by atoms with Crippen LogP contribution in [-0.4, -0.2) is 29.8 Å². The van der Waals surface area contributed by atoms with E-state index in [9.17, 15) is 9.59 Å². The molecule has 5 heteroatoms. The second kappa shape index (κ2) is 5.74. The molecule has 1 saturated heterocycles. The number of rotatable bonds is 3. The van der Waals surface area contributed by atoms with E-state index < -0.39 is 0 Å². The number of nitrogens with two attached hydrogens (primary N) is 1. The Kier molecular flexibility index (Phi) is 4.24. The smallest absolute Gasteiger partial charge is 0.263 e. The van der Waals surface area contributed by atoms with Gasteiger partial charge in [0.2, 0.25) is 5.91 Å². The van der Waals surface area contributed by atoms with Gasteiger partial charge in [-0.25, -0.2) is 0 Å². The molecule has 1 fully saturated rings. The van der Waals surface area contributed by atoms with Gasteiger partial charge in [0, 0.05) is 18.0 Å². The second-order valence-corrected chi connectivity index (χ2v) is 6.29. The van der Waals surface area contributed by atoms with Gasteiger partial charge in [-0.2, -0.15) is 0 Å². The maximum atomic E-state index is 12.4. The summed E-state index contributed by atoms with van der Waals surface area (Å²) in [5.41, 5.74) is 6.58. The van der Waals surface area contributed by atoms with E-state index in [0.29, 0.717) is 6.54 Å². The fraction of sp³-hybridized carbons (Fsp3) is 0.571. The van der Waals surface area contributed by atoms with E-state index in [0.717, 1.165) is 30.7 Å². The first kappa shape index (κ1) is 14.1. The Morgan fingerprint density at radius 2 is 2.26 bits per heavy atom. The van der Waals surface area contributed by atoms with Crippen molar-refractivity contribution in [2.45, 2.75) is 33.1 Å². The second-order valence-electron chi connectivity index (χ2n) is 5.04. The van der Waals surface area contributed by atoms with Crippen LogP contribution in [0, 0.1) is 12.8 Å². The lowest BCUT2D eigenvalue weighted by Gasteiger charge is -2.30. The lowest BCUT2D eigenvalue weighted by atomic mass is 9.97. The summed E-state index contributed by atoms with van der Waals surface area (Å²) in [5.74, 6) is -0.447. The first-order valence-corrected chi connectivity index (χ1v) is 7.52. The molecular weight excluding hydrogens is 260 g/mol. The molecule has 0 spiro atoms. The molecule has 0 aromatic carbocycles. The van der Waals surface area contributed by atoms with Crippen LogP contribution in [0.1, 0.15) is 39.9 Å². The Labute approximate surface area is 117 Å². The molecule has 2 N–H and O–H groups in total. The molecule has 1 atom stereocenters. The number of carbonyl (C=O) groups is 2. The molecule has 2 rings (SSSR count). The van der Waals surface area contributed by atoms with Crippen LogP contribution in [0.3, 0.4) is 0 Å². The van der Waals surface area contributed by atoms with E-state index in [1.165, 1.54) is 10.4 Å². The monoisotopic (exact) mass is 280 g/mol. The zero-order chi connectivity index (χ0) is 14.0. The lowest BCUT2D eigenvalue weighted by molar-refractivity contribution is -0.123. The highest BCUT2D eigenvalue weighted by molar-refractivity contribution is 7.14. The zero-order valence-electron chi connectivity index (χ0n) is 11.4. The Balaban J connectivity index is 2.12. The predicted octanol–water partition coefficient (Wildman–Crippen LogP) is 1.96. The van der Waals surface area contributed by atoms with Crippen molar-refractivity contribution in [1.82, 2.24) is 4.90 Å². The number of hydrogen-bond acceptors (Lipinski definition) is 3. The first-order valence-electron chi connectivity index (χ1n) is 6.70. The topological polar surface area (TPSA) is 63.4 Å². The molecule has 1 aliphatic rings. The molecule has 0 radical (unpaired) electrons. The van der Waals surface area contributed by atoms with Crippen LogP contribution in [0.5, 0.6) is 0 Å². The maximum Gasteiger partial charge on any atom is 0.263 e. The van der Waals surface area contributed by atoms with Crippen molar-refractivity contribution in [1.29, 1.82) is 0 Å². The van der Waals surface area contributed by atoms with Crippen LogP contribution >= 0.6 is 11.3 Å². The van der Waals surface area contributed by atoms with Gasteiger partial charge in [0.1, 0.15) is 0 Å². The Bertz CT molecular complexity index is 496. The Hall–Kier alpha value is -1.36. The average Bonchev–Trinajstić information content (AvgIpc) is 2.79.